The monoisotopic (exact) mass is 390 g/mol. The first kappa shape index (κ1) is 22.5. The zero-order valence-corrected chi connectivity index (χ0v) is 14.5. The first-order valence-corrected chi connectivity index (χ1v) is 6.92. The second-order valence-electron chi connectivity index (χ2n) is 5.13. The second-order valence-corrected chi connectivity index (χ2v) is 6.58. The highest BCUT2D eigenvalue weighted by Crippen LogP contribution is 2.33. The van der Waals surface area contributed by atoms with Gasteiger partial charge in [0.1, 0.15) is 0 Å². The molecule has 0 spiro atoms. The van der Waals surface area contributed by atoms with Crippen molar-refractivity contribution < 1.29 is 48.7 Å². The van der Waals surface area contributed by atoms with E-state index in [-0.39, 0.29) is 6.29 Å². The van der Waals surface area contributed by atoms with E-state index in [9.17, 15) is 24.3 Å². The molecule has 3 unspecified atom stereocenters. The summed E-state index contributed by atoms with van der Waals surface area (Å²) in [6.45, 7) is 3.30. The lowest BCUT2D eigenvalue weighted by Gasteiger charge is -2.38. The number of hydrogen-bond donors (Lipinski definition) is 3. The fraction of sp³-hybridized carbons (Fsp3) is 0.667. The number of aliphatic carboxylic acids is 3. The van der Waals surface area contributed by atoms with Crippen molar-refractivity contribution in [3.8, 4) is 0 Å². The lowest BCUT2D eigenvalue weighted by molar-refractivity contribution is -0.340. The molecule has 0 radical (unpaired) electrons. The molecule has 10 nitrogen and oxygen atoms in total. The summed E-state index contributed by atoms with van der Waals surface area (Å²) in [5.74, 6) is -10.6. The highest BCUT2D eigenvalue weighted by molar-refractivity contribution is 6.32. The third kappa shape index (κ3) is 5.56. The maximum Gasteiger partial charge on any atom is 0.364 e. The van der Waals surface area contributed by atoms with Gasteiger partial charge in [0.2, 0.25) is 15.9 Å². The number of hydrogen-bond acceptors (Lipinski definition) is 7. The van der Waals surface area contributed by atoms with Crippen LogP contribution in [0.25, 0.3) is 0 Å². The first-order chi connectivity index (χ1) is 10.5. The Kier molecular flexibility index (Phi) is 6.76. The molecule has 0 heterocycles. The average Bonchev–Trinajstić information content (AvgIpc) is 2.36. The van der Waals surface area contributed by atoms with Crippen molar-refractivity contribution in [3.63, 3.8) is 0 Å². The van der Waals surface area contributed by atoms with Crippen molar-refractivity contribution in [2.24, 2.45) is 0 Å². The van der Waals surface area contributed by atoms with Gasteiger partial charge in [-0.25, -0.2) is 14.4 Å². The standard InChI is InChI=1S/C12H16Cl2O10/c1-9(5-15,22-10(2,13)6(16)17)23-12(4,8(20)21)24-11(3,14)7(18)19/h5H,1-4H3,(H,16,17)(H,18,19)(H,20,21)/t9-,10?,11?,12?/m0/s1. The van der Waals surface area contributed by atoms with Crippen LogP contribution in [-0.4, -0.2) is 61.2 Å². The Morgan fingerprint density at radius 3 is 1.46 bits per heavy atom. The van der Waals surface area contributed by atoms with Gasteiger partial charge in [0.05, 0.1) is 0 Å². The van der Waals surface area contributed by atoms with Crippen molar-refractivity contribution in [2.75, 3.05) is 0 Å². The SMILES string of the molecule is CC(Cl)(OC(C)(O[C@@](C)(C=O)OC(C)(Cl)C(=O)O)C(=O)O)C(=O)O. The number of ether oxygens (including phenoxy) is 3. The average molecular weight is 391 g/mol. The molecule has 0 aromatic heterocycles. The van der Waals surface area contributed by atoms with Crippen molar-refractivity contribution in [2.45, 2.75) is 49.4 Å². The third-order valence-corrected chi connectivity index (χ3v) is 3.02. The van der Waals surface area contributed by atoms with Gasteiger partial charge >= 0.3 is 17.9 Å². The number of carboxylic acid groups (broad SMARTS) is 3. The largest absolute Gasteiger partial charge is 0.478 e. The molecule has 0 aromatic carbocycles. The van der Waals surface area contributed by atoms with E-state index in [0.29, 0.717) is 0 Å². The molecule has 138 valence electrons. The minimum Gasteiger partial charge on any atom is -0.478 e. The molecule has 12 heteroatoms. The smallest absolute Gasteiger partial charge is 0.364 e. The Bertz CT molecular complexity index is 546. The molecule has 0 aliphatic rings. The number of aldehydes is 1. The molecule has 0 saturated carbocycles. The van der Waals surface area contributed by atoms with Crippen LogP contribution in [0, 0.1) is 0 Å². The van der Waals surface area contributed by atoms with Gasteiger partial charge in [-0.1, -0.05) is 23.2 Å². The zero-order chi connectivity index (χ0) is 19.6. The zero-order valence-electron chi connectivity index (χ0n) is 13.0. The summed E-state index contributed by atoms with van der Waals surface area (Å²) in [6, 6.07) is 0. The van der Waals surface area contributed by atoms with E-state index in [2.05, 4.69) is 0 Å². The molecular weight excluding hydrogens is 375 g/mol. The Hall–Kier alpha value is -1.46. The van der Waals surface area contributed by atoms with Gasteiger partial charge in [-0.15, -0.1) is 0 Å². The molecule has 0 aromatic rings. The number of carboxylic acids is 3. The maximum absolute atomic E-state index is 11.4. The summed E-state index contributed by atoms with van der Waals surface area (Å²) in [5, 5.41) is 22.0. The van der Waals surface area contributed by atoms with Crippen LogP contribution in [-0.2, 0) is 33.4 Å². The van der Waals surface area contributed by atoms with Crippen LogP contribution in [0.5, 0.6) is 0 Å². The van der Waals surface area contributed by atoms with Gasteiger partial charge in [-0.2, -0.15) is 0 Å². The Balaban J connectivity index is 5.70. The van der Waals surface area contributed by atoms with Crippen molar-refractivity contribution >= 4 is 47.4 Å². The van der Waals surface area contributed by atoms with Crippen LogP contribution in [0.1, 0.15) is 27.7 Å². The van der Waals surface area contributed by atoms with E-state index in [4.69, 9.17) is 47.6 Å². The van der Waals surface area contributed by atoms with Gasteiger partial charge in [-0.05, 0) is 20.8 Å². The van der Waals surface area contributed by atoms with Crippen molar-refractivity contribution in [3.05, 3.63) is 0 Å². The number of carbonyl (C=O) groups is 4. The highest BCUT2D eigenvalue weighted by Gasteiger charge is 2.52. The molecule has 0 amide bonds. The normalized spacial score (nSPS) is 21.4. The molecular formula is C12H16Cl2O10. The van der Waals surface area contributed by atoms with Crippen LogP contribution < -0.4 is 0 Å². The first-order valence-electron chi connectivity index (χ1n) is 6.16. The fourth-order valence-electron chi connectivity index (χ4n) is 1.40. The predicted octanol–water partition coefficient (Wildman–Crippen LogP) is 0.831. The molecule has 0 fully saturated rings. The van der Waals surface area contributed by atoms with E-state index in [1.807, 2.05) is 0 Å². The molecule has 0 rings (SSSR count). The number of rotatable bonds is 10. The molecule has 3 N–H and O–H groups in total. The van der Waals surface area contributed by atoms with Crippen LogP contribution in [0.15, 0.2) is 0 Å². The Morgan fingerprint density at radius 2 is 1.17 bits per heavy atom. The Labute approximate surface area is 146 Å². The molecule has 0 saturated heterocycles. The van der Waals surface area contributed by atoms with Crippen LogP contribution >= 0.6 is 23.2 Å². The van der Waals surface area contributed by atoms with E-state index in [1.165, 1.54) is 0 Å². The molecule has 0 aliphatic heterocycles. The van der Waals surface area contributed by atoms with Crippen LogP contribution in [0.3, 0.4) is 0 Å². The second kappa shape index (κ2) is 7.19. The molecule has 0 aliphatic carbocycles. The summed E-state index contributed by atoms with van der Waals surface area (Å²) in [4.78, 5) is 44.5. The van der Waals surface area contributed by atoms with Gasteiger partial charge in [0, 0.05) is 6.92 Å². The lowest BCUT2D eigenvalue weighted by atomic mass is 10.2. The maximum atomic E-state index is 11.4. The van der Waals surface area contributed by atoms with E-state index >= 15 is 0 Å². The highest BCUT2D eigenvalue weighted by atomic mass is 35.5. The number of halogens is 2. The Morgan fingerprint density at radius 1 is 0.792 bits per heavy atom. The molecule has 4 atom stereocenters. The predicted molar refractivity (Wildman–Crippen MR) is 77.6 cm³/mol. The summed E-state index contributed by atoms with van der Waals surface area (Å²) >= 11 is 11.1. The van der Waals surface area contributed by atoms with Gasteiger partial charge < -0.3 is 29.5 Å². The van der Waals surface area contributed by atoms with E-state index in [1.54, 1.807) is 0 Å². The molecule has 0 bridgehead atoms. The van der Waals surface area contributed by atoms with E-state index in [0.717, 1.165) is 27.7 Å². The fourth-order valence-corrected chi connectivity index (χ4v) is 1.70. The van der Waals surface area contributed by atoms with Gasteiger partial charge in [0.15, 0.2) is 6.29 Å². The molecule has 24 heavy (non-hydrogen) atoms. The van der Waals surface area contributed by atoms with Gasteiger partial charge in [0.25, 0.3) is 5.79 Å². The topological polar surface area (TPSA) is 157 Å². The van der Waals surface area contributed by atoms with Crippen molar-refractivity contribution in [1.29, 1.82) is 0 Å². The minimum absolute atomic E-state index is 0.0759. The van der Waals surface area contributed by atoms with E-state index < -0.39 is 39.6 Å². The van der Waals surface area contributed by atoms with Crippen LogP contribution in [0.4, 0.5) is 0 Å². The lowest BCUT2D eigenvalue weighted by Crippen LogP contribution is -2.56. The third-order valence-electron chi connectivity index (χ3n) is 2.54. The number of alkyl halides is 2. The van der Waals surface area contributed by atoms with Crippen LogP contribution in [0.2, 0.25) is 0 Å². The van der Waals surface area contributed by atoms with Crippen molar-refractivity contribution in [1.82, 2.24) is 0 Å². The quantitative estimate of drug-likeness (QED) is 0.277. The minimum atomic E-state index is -2.80. The summed E-state index contributed by atoms with van der Waals surface area (Å²) in [7, 11) is 0. The summed E-state index contributed by atoms with van der Waals surface area (Å²) < 4.78 is 14.4. The van der Waals surface area contributed by atoms with Gasteiger partial charge in [-0.3, -0.25) is 4.79 Å². The number of carbonyl (C=O) groups excluding carboxylic acids is 1. The summed E-state index contributed by atoms with van der Waals surface area (Å²) in [6.07, 6.45) is -0.0759. The summed E-state index contributed by atoms with van der Waals surface area (Å²) in [5.41, 5.74) is 0.